The van der Waals surface area contributed by atoms with E-state index >= 15 is 0 Å². The molecule has 0 saturated heterocycles. The highest BCUT2D eigenvalue weighted by Crippen LogP contribution is 2.24. The molecule has 2 aromatic rings. The van der Waals surface area contributed by atoms with Gasteiger partial charge < -0.3 is 4.18 Å². The number of hydrogen-bond donors (Lipinski definition) is 0. The lowest BCUT2D eigenvalue weighted by atomic mass is 10.4. The van der Waals surface area contributed by atoms with Crippen LogP contribution in [0.3, 0.4) is 0 Å². The summed E-state index contributed by atoms with van der Waals surface area (Å²) in [4.78, 5) is 5.09. The number of aromatic nitrogens is 1. The molecule has 2 nitrogen and oxygen atoms in total. The van der Waals surface area contributed by atoms with Gasteiger partial charge in [0.2, 0.25) is 0 Å². The van der Waals surface area contributed by atoms with Gasteiger partial charge in [-0.25, -0.2) is 4.98 Å². The number of benzene rings is 1. The van der Waals surface area contributed by atoms with Crippen molar-refractivity contribution in [3.63, 3.8) is 0 Å². The third-order valence-electron chi connectivity index (χ3n) is 1.36. The van der Waals surface area contributed by atoms with E-state index in [9.17, 15) is 0 Å². The Kier molecular flexibility index (Phi) is 2.84. The average molecular weight is 209 g/mol. The van der Waals surface area contributed by atoms with Crippen LogP contribution in [0.1, 0.15) is 0 Å². The van der Waals surface area contributed by atoms with Crippen molar-refractivity contribution in [1.82, 2.24) is 4.98 Å². The maximum atomic E-state index is 5.36. The van der Waals surface area contributed by atoms with Crippen molar-refractivity contribution in [2.24, 2.45) is 0 Å². The third-order valence-corrected chi connectivity index (χ3v) is 2.82. The maximum absolute atomic E-state index is 5.36. The van der Waals surface area contributed by atoms with Gasteiger partial charge in [0.1, 0.15) is 0 Å². The Bertz CT molecular complexity index is 347. The Morgan fingerprint density at radius 1 is 1.23 bits per heavy atom. The van der Waals surface area contributed by atoms with Crippen molar-refractivity contribution in [2.75, 3.05) is 0 Å². The zero-order valence-corrected chi connectivity index (χ0v) is 8.35. The summed E-state index contributed by atoms with van der Waals surface area (Å²) in [7, 11) is 0. The van der Waals surface area contributed by atoms with Crippen LogP contribution < -0.4 is 4.18 Å². The van der Waals surface area contributed by atoms with Crippen molar-refractivity contribution >= 4 is 23.4 Å². The highest BCUT2D eigenvalue weighted by molar-refractivity contribution is 7.95. The fourth-order valence-corrected chi connectivity index (χ4v) is 1.91. The molecule has 13 heavy (non-hydrogen) atoms. The summed E-state index contributed by atoms with van der Waals surface area (Å²) < 4.78 is 5.36. The molecular formula is C9H7NOS2. The van der Waals surface area contributed by atoms with Crippen LogP contribution in [0.15, 0.2) is 46.8 Å². The van der Waals surface area contributed by atoms with E-state index in [2.05, 4.69) is 4.98 Å². The molecule has 0 spiro atoms. The molecule has 0 amide bonds. The Morgan fingerprint density at radius 3 is 2.77 bits per heavy atom. The number of hydrogen-bond acceptors (Lipinski definition) is 4. The fourth-order valence-electron chi connectivity index (χ4n) is 0.811. The Balaban J connectivity index is 1.94. The molecule has 0 N–H and O–H groups in total. The molecule has 0 aliphatic carbocycles. The van der Waals surface area contributed by atoms with Gasteiger partial charge in [0.25, 0.3) is 5.19 Å². The van der Waals surface area contributed by atoms with Gasteiger partial charge in [0, 0.05) is 16.5 Å². The van der Waals surface area contributed by atoms with E-state index in [-0.39, 0.29) is 0 Å². The van der Waals surface area contributed by atoms with Crippen molar-refractivity contribution in [2.45, 2.75) is 4.90 Å². The average Bonchev–Trinajstić information content (AvgIpc) is 2.69. The van der Waals surface area contributed by atoms with Gasteiger partial charge in [0.15, 0.2) is 0 Å². The molecule has 0 fully saturated rings. The smallest absolute Gasteiger partial charge is 0.286 e. The normalized spacial score (nSPS) is 9.85. The van der Waals surface area contributed by atoms with Crippen LogP contribution in [-0.4, -0.2) is 4.98 Å². The maximum Gasteiger partial charge on any atom is 0.286 e. The molecule has 1 aromatic heterocycles. The van der Waals surface area contributed by atoms with Crippen LogP contribution in [0.2, 0.25) is 0 Å². The summed E-state index contributed by atoms with van der Waals surface area (Å²) in [6.07, 6.45) is 1.73. The van der Waals surface area contributed by atoms with E-state index in [1.165, 1.54) is 23.4 Å². The lowest BCUT2D eigenvalue weighted by molar-refractivity contribution is 0.638. The predicted molar refractivity (Wildman–Crippen MR) is 55.0 cm³/mol. The van der Waals surface area contributed by atoms with E-state index in [4.69, 9.17) is 4.18 Å². The first-order chi connectivity index (χ1) is 6.45. The molecule has 4 heteroatoms. The number of nitrogens with zero attached hydrogens (tertiary/aromatic N) is 1. The van der Waals surface area contributed by atoms with Crippen LogP contribution in [-0.2, 0) is 0 Å². The summed E-state index contributed by atoms with van der Waals surface area (Å²) in [6.45, 7) is 0. The first-order valence-electron chi connectivity index (χ1n) is 3.74. The second kappa shape index (κ2) is 4.30. The lowest BCUT2D eigenvalue weighted by Gasteiger charge is -1.98. The molecule has 0 unspecified atom stereocenters. The molecule has 0 bridgehead atoms. The van der Waals surface area contributed by atoms with Crippen molar-refractivity contribution in [3.8, 4) is 5.19 Å². The second-order valence-electron chi connectivity index (χ2n) is 2.28. The predicted octanol–water partition coefficient (Wildman–Crippen LogP) is 3.23. The van der Waals surface area contributed by atoms with E-state index in [0.717, 1.165) is 4.90 Å². The van der Waals surface area contributed by atoms with Gasteiger partial charge in [-0.2, -0.15) is 0 Å². The van der Waals surface area contributed by atoms with Crippen molar-refractivity contribution in [1.29, 1.82) is 0 Å². The molecule has 0 aliphatic rings. The van der Waals surface area contributed by atoms with E-state index < -0.39 is 0 Å². The fraction of sp³-hybridized carbons (Fsp3) is 0. The summed E-state index contributed by atoms with van der Waals surface area (Å²) in [5, 5.41) is 2.58. The molecule has 2 rings (SSSR count). The van der Waals surface area contributed by atoms with Crippen LogP contribution >= 0.6 is 23.4 Å². The minimum Gasteiger partial charge on any atom is -0.391 e. The van der Waals surface area contributed by atoms with Gasteiger partial charge in [-0.05, 0) is 12.1 Å². The molecule has 1 heterocycles. The molecular weight excluding hydrogens is 202 g/mol. The van der Waals surface area contributed by atoms with Gasteiger partial charge in [0.05, 0.1) is 12.0 Å². The largest absolute Gasteiger partial charge is 0.391 e. The standard InChI is InChI=1S/C9H7NOS2/c1-2-4-8(5-3-1)13-11-9-10-6-7-12-9/h1-7H. The summed E-state index contributed by atoms with van der Waals surface area (Å²) in [5.41, 5.74) is 0. The summed E-state index contributed by atoms with van der Waals surface area (Å²) in [6, 6.07) is 9.94. The number of thiazole rings is 1. The molecule has 66 valence electrons. The van der Waals surface area contributed by atoms with Gasteiger partial charge in [-0.15, -0.1) is 0 Å². The van der Waals surface area contributed by atoms with Crippen LogP contribution in [0, 0.1) is 0 Å². The molecule has 0 atom stereocenters. The summed E-state index contributed by atoms with van der Waals surface area (Å²) in [5.74, 6) is 0. The topological polar surface area (TPSA) is 22.1 Å². The van der Waals surface area contributed by atoms with E-state index in [1.54, 1.807) is 6.20 Å². The zero-order chi connectivity index (χ0) is 8.93. The minimum atomic E-state index is 0.689. The number of rotatable bonds is 3. The van der Waals surface area contributed by atoms with Gasteiger partial charge in [-0.3, -0.25) is 0 Å². The van der Waals surface area contributed by atoms with Crippen molar-refractivity contribution in [3.05, 3.63) is 41.9 Å². The van der Waals surface area contributed by atoms with Gasteiger partial charge >= 0.3 is 0 Å². The van der Waals surface area contributed by atoms with Crippen LogP contribution in [0.4, 0.5) is 0 Å². The molecule has 1 aromatic carbocycles. The third kappa shape index (κ3) is 2.47. The minimum absolute atomic E-state index is 0.689. The molecule has 0 aliphatic heterocycles. The highest BCUT2D eigenvalue weighted by atomic mass is 32.2. The lowest BCUT2D eigenvalue weighted by Crippen LogP contribution is -1.79. The second-order valence-corrected chi connectivity index (χ2v) is 3.94. The van der Waals surface area contributed by atoms with Crippen LogP contribution in [0.25, 0.3) is 0 Å². The van der Waals surface area contributed by atoms with Gasteiger partial charge in [-0.1, -0.05) is 29.5 Å². The monoisotopic (exact) mass is 209 g/mol. The molecule has 0 saturated carbocycles. The quantitative estimate of drug-likeness (QED) is 0.724. The first-order valence-corrected chi connectivity index (χ1v) is 5.36. The first kappa shape index (κ1) is 8.59. The van der Waals surface area contributed by atoms with E-state index in [1.807, 2.05) is 35.7 Å². The van der Waals surface area contributed by atoms with Crippen molar-refractivity contribution < 1.29 is 4.18 Å². The SMILES string of the molecule is c1ccc(SOc2nccs2)cc1. The van der Waals surface area contributed by atoms with E-state index in [0.29, 0.717) is 5.19 Å². The Hall–Kier alpha value is -1.00. The van der Waals surface area contributed by atoms with Crippen LogP contribution in [0.5, 0.6) is 5.19 Å². The Morgan fingerprint density at radius 2 is 2.08 bits per heavy atom. The summed E-state index contributed by atoms with van der Waals surface area (Å²) >= 11 is 2.81. The Labute approximate surface area is 84.8 Å². The zero-order valence-electron chi connectivity index (χ0n) is 6.71. The molecule has 0 radical (unpaired) electrons. The highest BCUT2D eigenvalue weighted by Gasteiger charge is 1.97.